The van der Waals surface area contributed by atoms with Crippen molar-refractivity contribution < 1.29 is 34.9 Å². The molecule has 1 heterocycles. The molecule has 0 amide bonds. The van der Waals surface area contributed by atoms with E-state index < -0.39 is 21.5 Å². The molecule has 1 aromatic heterocycles. The number of halogens is 4. The topological polar surface area (TPSA) is 78.6 Å². The number of benzene rings is 1. The number of nitrogens with zero attached hydrogens (tertiary/aromatic N) is 1. The molecule has 0 saturated carbocycles. The Hall–Kier alpha value is -1.75. The van der Waals surface area contributed by atoms with E-state index in [1.165, 1.54) is 19.2 Å². The number of ether oxygens (including phenoxy) is 1. The van der Waals surface area contributed by atoms with Crippen LogP contribution >= 0.6 is 15.9 Å². The van der Waals surface area contributed by atoms with Gasteiger partial charge in [0.15, 0.2) is 0 Å². The van der Waals surface area contributed by atoms with Crippen molar-refractivity contribution in [2.24, 2.45) is 0 Å². The molecule has 6 nitrogen and oxygen atoms in total. The van der Waals surface area contributed by atoms with Gasteiger partial charge in [0.2, 0.25) is 10.6 Å². The highest BCUT2D eigenvalue weighted by atomic mass is 79.9. The summed E-state index contributed by atoms with van der Waals surface area (Å²) in [5, 5.41) is 0. The van der Waals surface area contributed by atoms with Crippen LogP contribution in [0.4, 0.5) is 13.2 Å². The van der Waals surface area contributed by atoms with Gasteiger partial charge in [0.25, 0.3) is 5.88 Å². The molecule has 0 bridgehead atoms. The van der Waals surface area contributed by atoms with Crippen molar-refractivity contribution in [3.63, 3.8) is 0 Å². The first-order valence-corrected chi connectivity index (χ1v) is 7.65. The maximum absolute atomic E-state index is 12.3. The normalized spacial score (nSPS) is 12.2. The SMILES string of the molecule is COc1ccc(-c2nc(OS(=O)(=O)C(F)(F)F)c(Br)o2)cc1. The third kappa shape index (κ3) is 3.35. The maximum Gasteiger partial charge on any atom is 0.534 e. The molecule has 0 N–H and O–H groups in total. The van der Waals surface area contributed by atoms with Gasteiger partial charge in [0, 0.05) is 5.56 Å². The lowest BCUT2D eigenvalue weighted by atomic mass is 10.2. The van der Waals surface area contributed by atoms with E-state index in [2.05, 4.69) is 25.1 Å². The molecule has 22 heavy (non-hydrogen) atoms. The van der Waals surface area contributed by atoms with Crippen LogP contribution in [0.5, 0.6) is 11.6 Å². The van der Waals surface area contributed by atoms with Gasteiger partial charge in [-0.25, -0.2) is 0 Å². The lowest BCUT2D eigenvalue weighted by molar-refractivity contribution is -0.0501. The largest absolute Gasteiger partial charge is 0.534 e. The number of rotatable bonds is 4. The number of hydrogen-bond acceptors (Lipinski definition) is 6. The predicted molar refractivity (Wildman–Crippen MR) is 71.8 cm³/mol. The van der Waals surface area contributed by atoms with Crippen LogP contribution in [0, 0.1) is 0 Å². The Morgan fingerprint density at radius 2 is 1.82 bits per heavy atom. The van der Waals surface area contributed by atoms with Crippen molar-refractivity contribution in [1.82, 2.24) is 4.98 Å². The van der Waals surface area contributed by atoms with E-state index in [1.807, 2.05) is 0 Å². The van der Waals surface area contributed by atoms with Crippen molar-refractivity contribution in [2.75, 3.05) is 7.11 Å². The van der Waals surface area contributed by atoms with E-state index in [-0.39, 0.29) is 10.6 Å². The van der Waals surface area contributed by atoms with Crippen LogP contribution in [0.2, 0.25) is 0 Å². The summed E-state index contributed by atoms with van der Waals surface area (Å²) in [7, 11) is -4.36. The van der Waals surface area contributed by atoms with E-state index >= 15 is 0 Å². The lowest BCUT2D eigenvalue weighted by Gasteiger charge is -2.06. The molecular weight excluding hydrogens is 395 g/mol. The van der Waals surface area contributed by atoms with Gasteiger partial charge in [-0.3, -0.25) is 0 Å². The Labute approximate surface area is 131 Å². The zero-order chi connectivity index (χ0) is 16.5. The molecule has 0 fully saturated rings. The minimum absolute atomic E-state index is 0.123. The van der Waals surface area contributed by atoms with Gasteiger partial charge in [0.1, 0.15) is 5.75 Å². The predicted octanol–water partition coefficient (Wildman–Crippen LogP) is 3.34. The average molecular weight is 402 g/mol. The Morgan fingerprint density at radius 1 is 1.23 bits per heavy atom. The summed E-state index contributed by atoms with van der Waals surface area (Å²) in [4.78, 5) is 3.58. The van der Waals surface area contributed by atoms with Crippen LogP contribution in [-0.4, -0.2) is 26.0 Å². The number of aromatic nitrogens is 1. The maximum atomic E-state index is 12.3. The van der Waals surface area contributed by atoms with E-state index in [9.17, 15) is 21.6 Å². The van der Waals surface area contributed by atoms with Gasteiger partial charge in [0.05, 0.1) is 7.11 Å². The van der Waals surface area contributed by atoms with Crippen LogP contribution in [0.1, 0.15) is 0 Å². The molecule has 0 radical (unpaired) electrons. The van der Waals surface area contributed by atoms with Crippen LogP contribution < -0.4 is 8.92 Å². The van der Waals surface area contributed by atoms with Gasteiger partial charge in [-0.05, 0) is 40.2 Å². The Morgan fingerprint density at radius 3 is 2.32 bits per heavy atom. The van der Waals surface area contributed by atoms with Crippen molar-refractivity contribution in [3.05, 3.63) is 28.9 Å². The van der Waals surface area contributed by atoms with Crippen LogP contribution in [0.25, 0.3) is 11.5 Å². The highest BCUT2D eigenvalue weighted by molar-refractivity contribution is 9.10. The van der Waals surface area contributed by atoms with E-state index in [0.29, 0.717) is 11.3 Å². The Bertz CT molecular complexity index is 770. The minimum atomic E-state index is -5.83. The minimum Gasteiger partial charge on any atom is -0.497 e. The first-order valence-electron chi connectivity index (χ1n) is 5.45. The zero-order valence-electron chi connectivity index (χ0n) is 10.7. The van der Waals surface area contributed by atoms with Gasteiger partial charge in [-0.2, -0.15) is 26.6 Å². The number of oxazole rings is 1. The summed E-state index contributed by atoms with van der Waals surface area (Å²) < 4.78 is 72.2. The summed E-state index contributed by atoms with van der Waals surface area (Å²) in [6.07, 6.45) is 0. The fourth-order valence-electron chi connectivity index (χ4n) is 1.35. The fraction of sp³-hybridized carbons (Fsp3) is 0.182. The fourth-order valence-corrected chi connectivity index (χ4v) is 2.19. The average Bonchev–Trinajstić information content (AvgIpc) is 2.78. The number of methoxy groups -OCH3 is 1. The number of hydrogen-bond donors (Lipinski definition) is 0. The molecule has 0 aliphatic carbocycles. The van der Waals surface area contributed by atoms with Gasteiger partial charge in [-0.1, -0.05) is 0 Å². The van der Waals surface area contributed by atoms with Gasteiger partial charge < -0.3 is 13.3 Å². The van der Waals surface area contributed by atoms with Crippen molar-refractivity contribution in [3.8, 4) is 23.1 Å². The molecular formula is C11H7BrF3NO5S. The Kier molecular flexibility index (Phi) is 4.38. The molecule has 2 rings (SSSR count). The summed E-state index contributed by atoms with van der Waals surface area (Å²) in [6.45, 7) is 0. The molecule has 0 atom stereocenters. The molecule has 0 saturated heterocycles. The molecule has 0 unspecified atom stereocenters. The van der Waals surface area contributed by atoms with Crippen molar-refractivity contribution >= 4 is 26.0 Å². The summed E-state index contributed by atoms with van der Waals surface area (Å²) in [5.41, 5.74) is -5.17. The smallest absolute Gasteiger partial charge is 0.497 e. The van der Waals surface area contributed by atoms with Crippen LogP contribution in [0.3, 0.4) is 0 Å². The molecule has 120 valence electrons. The highest BCUT2D eigenvalue weighted by Crippen LogP contribution is 2.34. The summed E-state index contributed by atoms with van der Waals surface area (Å²) in [5.74, 6) is -0.421. The summed E-state index contributed by atoms with van der Waals surface area (Å²) in [6, 6.07) is 6.19. The second kappa shape index (κ2) is 5.80. The van der Waals surface area contributed by atoms with E-state index in [0.717, 1.165) is 0 Å². The first-order chi connectivity index (χ1) is 10.1. The standard InChI is InChI=1S/C11H7BrF3NO5S/c1-19-7-4-2-6(3-5-7)9-16-10(8(12)20-9)21-22(17,18)11(13,14)15/h2-5H,1H3. The highest BCUT2D eigenvalue weighted by Gasteiger charge is 2.49. The molecule has 11 heteroatoms. The van der Waals surface area contributed by atoms with Crippen molar-refractivity contribution in [2.45, 2.75) is 5.51 Å². The summed E-state index contributed by atoms with van der Waals surface area (Å²) >= 11 is 2.75. The zero-order valence-corrected chi connectivity index (χ0v) is 13.1. The number of alkyl halides is 3. The molecule has 0 aliphatic rings. The van der Waals surface area contributed by atoms with Gasteiger partial charge in [-0.15, -0.1) is 0 Å². The van der Waals surface area contributed by atoms with Gasteiger partial charge >= 0.3 is 15.6 Å². The quantitative estimate of drug-likeness (QED) is 0.577. The molecule has 0 spiro atoms. The third-order valence-electron chi connectivity index (χ3n) is 2.37. The first kappa shape index (κ1) is 16.6. The second-order valence-corrected chi connectivity index (χ2v) is 6.07. The van der Waals surface area contributed by atoms with Crippen LogP contribution in [0.15, 0.2) is 33.4 Å². The van der Waals surface area contributed by atoms with E-state index in [4.69, 9.17) is 9.15 Å². The van der Waals surface area contributed by atoms with E-state index in [1.54, 1.807) is 12.1 Å². The third-order valence-corrected chi connectivity index (χ3v) is 3.81. The molecule has 2 aromatic rings. The van der Waals surface area contributed by atoms with Crippen molar-refractivity contribution in [1.29, 1.82) is 0 Å². The molecule has 0 aliphatic heterocycles. The van der Waals surface area contributed by atoms with Crippen LogP contribution in [-0.2, 0) is 10.1 Å². The lowest BCUT2D eigenvalue weighted by Crippen LogP contribution is -2.28. The monoisotopic (exact) mass is 401 g/mol. The molecule has 1 aromatic carbocycles. The second-order valence-electron chi connectivity index (χ2n) is 3.81. The Balaban J connectivity index is 2.32.